The van der Waals surface area contributed by atoms with Crippen molar-refractivity contribution < 1.29 is 0 Å². The van der Waals surface area contributed by atoms with Crippen LogP contribution in [0.15, 0.2) is 12.5 Å². The van der Waals surface area contributed by atoms with Crippen molar-refractivity contribution in [1.82, 2.24) is 19.4 Å². The van der Waals surface area contributed by atoms with Gasteiger partial charge in [-0.2, -0.15) is 0 Å². The van der Waals surface area contributed by atoms with Crippen molar-refractivity contribution in [3.63, 3.8) is 0 Å². The summed E-state index contributed by atoms with van der Waals surface area (Å²) in [5.41, 5.74) is 7.37. The van der Waals surface area contributed by atoms with Gasteiger partial charge in [-0.3, -0.25) is 4.90 Å². The van der Waals surface area contributed by atoms with Crippen molar-refractivity contribution in [3.05, 3.63) is 18.2 Å². The molecule has 0 bridgehead atoms. The highest BCUT2D eigenvalue weighted by atomic mass is 15.2. The van der Waals surface area contributed by atoms with Crippen LogP contribution < -0.4 is 5.73 Å². The summed E-state index contributed by atoms with van der Waals surface area (Å²) in [6.07, 6.45) is 7.62. The van der Waals surface area contributed by atoms with Crippen molar-refractivity contribution in [1.29, 1.82) is 0 Å². The van der Waals surface area contributed by atoms with E-state index in [9.17, 15) is 0 Å². The number of aryl methyl sites for hydroxylation is 1. The fourth-order valence-corrected chi connectivity index (χ4v) is 3.46. The van der Waals surface area contributed by atoms with Crippen molar-refractivity contribution in [2.75, 3.05) is 40.3 Å². The van der Waals surface area contributed by atoms with Gasteiger partial charge >= 0.3 is 0 Å². The maximum absolute atomic E-state index is 6.08. The van der Waals surface area contributed by atoms with Crippen LogP contribution in [0, 0.1) is 5.92 Å². The van der Waals surface area contributed by atoms with Crippen LogP contribution in [-0.2, 0) is 6.54 Å². The normalized spacial score (nSPS) is 19.3. The topological polar surface area (TPSA) is 50.3 Å². The van der Waals surface area contributed by atoms with E-state index in [1.165, 1.54) is 25.1 Å². The number of imidazole rings is 1. The summed E-state index contributed by atoms with van der Waals surface area (Å²) in [6, 6.07) is 0.319. The van der Waals surface area contributed by atoms with Gasteiger partial charge in [0.15, 0.2) is 0 Å². The van der Waals surface area contributed by atoms with E-state index in [1.54, 1.807) is 0 Å². The number of hydrogen-bond donors (Lipinski definition) is 1. The van der Waals surface area contributed by atoms with Crippen LogP contribution in [0.3, 0.4) is 0 Å². The van der Waals surface area contributed by atoms with E-state index in [1.807, 2.05) is 12.5 Å². The molecule has 0 aromatic carbocycles. The Labute approximate surface area is 129 Å². The first-order chi connectivity index (χ1) is 10.2. The van der Waals surface area contributed by atoms with Crippen LogP contribution in [0.2, 0.25) is 0 Å². The SMILES string of the molecule is CCCn1cncc1C(CN)N1CCC(CN(C)C)CC1. The minimum atomic E-state index is 0.319. The molecule has 5 heteroatoms. The molecule has 21 heavy (non-hydrogen) atoms. The summed E-state index contributed by atoms with van der Waals surface area (Å²) in [5.74, 6) is 0.829. The molecule has 0 spiro atoms. The molecule has 1 unspecified atom stereocenters. The molecule has 120 valence electrons. The van der Waals surface area contributed by atoms with E-state index in [0.29, 0.717) is 12.6 Å². The zero-order valence-corrected chi connectivity index (χ0v) is 13.8. The van der Waals surface area contributed by atoms with Crippen LogP contribution in [-0.4, -0.2) is 59.6 Å². The predicted molar refractivity (Wildman–Crippen MR) is 87.2 cm³/mol. The molecular weight excluding hydrogens is 262 g/mol. The average Bonchev–Trinajstić information content (AvgIpc) is 2.90. The van der Waals surface area contributed by atoms with Gasteiger partial charge in [-0.1, -0.05) is 6.92 Å². The van der Waals surface area contributed by atoms with Crippen LogP contribution in [0.1, 0.15) is 37.9 Å². The third-order valence-corrected chi connectivity index (χ3v) is 4.49. The number of piperidine rings is 1. The maximum atomic E-state index is 6.08. The standard InChI is InChI=1S/C16H31N5/c1-4-7-21-13-18-11-16(21)15(10-17)20-8-5-14(6-9-20)12-19(2)3/h11,13-15H,4-10,12,17H2,1-3H3. The van der Waals surface area contributed by atoms with E-state index in [2.05, 4.69) is 40.4 Å². The van der Waals surface area contributed by atoms with Gasteiger partial charge in [-0.15, -0.1) is 0 Å². The van der Waals surface area contributed by atoms with Crippen LogP contribution in [0.5, 0.6) is 0 Å². The number of hydrogen-bond acceptors (Lipinski definition) is 4. The molecule has 2 heterocycles. The predicted octanol–water partition coefficient (Wildman–Crippen LogP) is 1.57. The molecule has 2 N–H and O–H groups in total. The van der Waals surface area contributed by atoms with Gasteiger partial charge in [0, 0.05) is 25.8 Å². The molecule has 0 aliphatic carbocycles. The fraction of sp³-hybridized carbons (Fsp3) is 0.812. The molecule has 1 saturated heterocycles. The Bertz CT molecular complexity index is 407. The number of nitrogens with zero attached hydrogens (tertiary/aromatic N) is 4. The number of nitrogens with two attached hydrogens (primary N) is 1. The third kappa shape index (κ3) is 4.28. The van der Waals surface area contributed by atoms with Gasteiger partial charge in [0.2, 0.25) is 0 Å². The first kappa shape index (κ1) is 16.5. The third-order valence-electron chi connectivity index (χ3n) is 4.49. The molecular formula is C16H31N5. The van der Waals surface area contributed by atoms with Crippen molar-refractivity contribution in [3.8, 4) is 0 Å². The lowest BCUT2D eigenvalue weighted by atomic mass is 9.95. The monoisotopic (exact) mass is 293 g/mol. The van der Waals surface area contributed by atoms with E-state index in [4.69, 9.17) is 5.73 Å². The molecule has 5 nitrogen and oxygen atoms in total. The van der Waals surface area contributed by atoms with Gasteiger partial charge in [-0.25, -0.2) is 4.98 Å². The maximum Gasteiger partial charge on any atom is 0.0948 e. The van der Waals surface area contributed by atoms with Crippen LogP contribution >= 0.6 is 0 Å². The number of rotatable bonds is 7. The van der Waals surface area contributed by atoms with Crippen molar-refractivity contribution in [2.24, 2.45) is 11.7 Å². The molecule has 1 aromatic heterocycles. The van der Waals surface area contributed by atoms with E-state index in [-0.39, 0.29) is 0 Å². The Morgan fingerprint density at radius 1 is 1.38 bits per heavy atom. The molecule has 0 saturated carbocycles. The highest BCUT2D eigenvalue weighted by Gasteiger charge is 2.27. The summed E-state index contributed by atoms with van der Waals surface area (Å²) >= 11 is 0. The van der Waals surface area contributed by atoms with E-state index in [0.717, 1.165) is 32.0 Å². The van der Waals surface area contributed by atoms with Gasteiger partial charge < -0.3 is 15.2 Å². The van der Waals surface area contributed by atoms with Gasteiger partial charge in [0.25, 0.3) is 0 Å². The van der Waals surface area contributed by atoms with E-state index >= 15 is 0 Å². The first-order valence-electron chi connectivity index (χ1n) is 8.24. The van der Waals surface area contributed by atoms with Gasteiger partial charge in [0.05, 0.1) is 18.1 Å². The highest BCUT2D eigenvalue weighted by Crippen LogP contribution is 2.26. The summed E-state index contributed by atoms with van der Waals surface area (Å²) in [4.78, 5) is 9.19. The molecule has 1 aliphatic heterocycles. The quantitative estimate of drug-likeness (QED) is 0.829. The first-order valence-corrected chi connectivity index (χ1v) is 8.24. The number of aromatic nitrogens is 2. The van der Waals surface area contributed by atoms with Gasteiger partial charge in [-0.05, 0) is 52.4 Å². The summed E-state index contributed by atoms with van der Waals surface area (Å²) < 4.78 is 2.27. The zero-order chi connectivity index (χ0) is 15.2. The van der Waals surface area contributed by atoms with Crippen molar-refractivity contribution in [2.45, 2.75) is 38.8 Å². The molecule has 0 radical (unpaired) electrons. The molecule has 0 amide bonds. The van der Waals surface area contributed by atoms with Crippen molar-refractivity contribution >= 4 is 0 Å². The summed E-state index contributed by atoms with van der Waals surface area (Å²) in [7, 11) is 4.33. The average molecular weight is 293 g/mol. The molecule has 2 rings (SSSR count). The summed E-state index contributed by atoms with van der Waals surface area (Å²) in [6.45, 7) is 7.41. The summed E-state index contributed by atoms with van der Waals surface area (Å²) in [5, 5.41) is 0. The van der Waals surface area contributed by atoms with E-state index < -0.39 is 0 Å². The minimum absolute atomic E-state index is 0.319. The molecule has 1 aliphatic rings. The Morgan fingerprint density at radius 3 is 2.67 bits per heavy atom. The smallest absolute Gasteiger partial charge is 0.0948 e. The second-order valence-corrected chi connectivity index (χ2v) is 6.50. The lowest BCUT2D eigenvalue weighted by Crippen LogP contribution is -2.42. The Morgan fingerprint density at radius 2 is 2.10 bits per heavy atom. The fourth-order valence-electron chi connectivity index (χ4n) is 3.46. The largest absolute Gasteiger partial charge is 0.333 e. The Kier molecular flexibility index (Phi) is 6.21. The lowest BCUT2D eigenvalue weighted by Gasteiger charge is -2.38. The highest BCUT2D eigenvalue weighted by molar-refractivity contribution is 5.07. The van der Waals surface area contributed by atoms with Gasteiger partial charge in [0.1, 0.15) is 0 Å². The van der Waals surface area contributed by atoms with Crippen LogP contribution in [0.25, 0.3) is 0 Å². The molecule has 1 atom stereocenters. The molecule has 1 aromatic rings. The molecule has 1 fully saturated rings. The number of likely N-dealkylation sites (tertiary alicyclic amines) is 1. The Balaban J connectivity index is 1.97. The second-order valence-electron chi connectivity index (χ2n) is 6.50. The van der Waals surface area contributed by atoms with Crippen LogP contribution in [0.4, 0.5) is 0 Å². The Hall–Kier alpha value is -0.910. The lowest BCUT2D eigenvalue weighted by molar-refractivity contribution is 0.119. The second kappa shape index (κ2) is 7.92. The zero-order valence-electron chi connectivity index (χ0n) is 13.8. The minimum Gasteiger partial charge on any atom is -0.333 e.